The van der Waals surface area contributed by atoms with E-state index in [0.717, 1.165) is 19.5 Å². The fourth-order valence-electron chi connectivity index (χ4n) is 3.29. The molecule has 1 fully saturated rings. The number of fused-ring (bicyclic) bond motifs is 1. The number of anilines is 1. The molecule has 0 radical (unpaired) electrons. The van der Waals surface area contributed by atoms with Gasteiger partial charge >= 0.3 is 0 Å². The number of hydrogen-bond donors (Lipinski definition) is 2. The van der Waals surface area contributed by atoms with E-state index < -0.39 is 0 Å². The second kappa shape index (κ2) is 7.90. The molecule has 0 spiro atoms. The Labute approximate surface area is 165 Å². The highest BCUT2D eigenvalue weighted by molar-refractivity contribution is 5.78. The molecule has 2 aromatic heterocycles. The summed E-state index contributed by atoms with van der Waals surface area (Å²) in [5.74, 6) is 0.622. The minimum atomic E-state index is -0.262. The lowest BCUT2D eigenvalue weighted by molar-refractivity contribution is -0.122. The Hall–Kier alpha value is -2.42. The predicted molar refractivity (Wildman–Crippen MR) is 110 cm³/mol. The van der Waals surface area contributed by atoms with E-state index in [-0.39, 0.29) is 23.0 Å². The monoisotopic (exact) mass is 389 g/mol. The summed E-state index contributed by atoms with van der Waals surface area (Å²) in [7, 11) is 0. The Kier molecular flexibility index (Phi) is 5.74. The molecule has 9 heteroatoms. The van der Waals surface area contributed by atoms with Gasteiger partial charge in [-0.15, -0.1) is 0 Å². The van der Waals surface area contributed by atoms with Crippen LogP contribution in [0.3, 0.4) is 0 Å². The Morgan fingerprint density at radius 3 is 2.57 bits per heavy atom. The molecule has 1 amide bonds. The van der Waals surface area contributed by atoms with Crippen molar-refractivity contribution >= 4 is 22.9 Å². The van der Waals surface area contributed by atoms with Crippen LogP contribution >= 0.6 is 0 Å². The zero-order chi connectivity index (χ0) is 20.5. The summed E-state index contributed by atoms with van der Waals surface area (Å²) in [5.41, 5.74) is 0.161. The first-order chi connectivity index (χ1) is 13.2. The first kappa shape index (κ1) is 20.3. The van der Waals surface area contributed by atoms with E-state index in [9.17, 15) is 9.59 Å². The van der Waals surface area contributed by atoms with E-state index in [4.69, 9.17) is 4.98 Å². The molecule has 1 atom stereocenters. The van der Waals surface area contributed by atoms with Gasteiger partial charge in [0.2, 0.25) is 11.9 Å². The van der Waals surface area contributed by atoms with E-state index >= 15 is 0 Å². The molecule has 1 saturated heterocycles. The molecule has 3 rings (SSSR count). The molecular formula is C19H31N7O2. The van der Waals surface area contributed by atoms with Crippen LogP contribution in [0, 0.1) is 0 Å². The summed E-state index contributed by atoms with van der Waals surface area (Å²) in [6.45, 7) is 13.5. The van der Waals surface area contributed by atoms with Crippen molar-refractivity contribution in [2.24, 2.45) is 0 Å². The van der Waals surface area contributed by atoms with Crippen molar-refractivity contribution in [1.29, 1.82) is 0 Å². The molecule has 2 aromatic rings. The maximum Gasteiger partial charge on any atom is 0.263 e. The fraction of sp³-hybridized carbons (Fsp3) is 0.684. The van der Waals surface area contributed by atoms with Crippen molar-refractivity contribution in [3.05, 3.63) is 16.6 Å². The van der Waals surface area contributed by atoms with Gasteiger partial charge in [0, 0.05) is 32.2 Å². The van der Waals surface area contributed by atoms with Crippen LogP contribution in [0.4, 0.5) is 5.95 Å². The zero-order valence-corrected chi connectivity index (χ0v) is 17.4. The minimum Gasteiger partial charge on any atom is -0.353 e. The molecule has 0 aliphatic carbocycles. The number of carbonyl (C=O) groups is 1. The van der Waals surface area contributed by atoms with Crippen molar-refractivity contribution in [2.45, 2.75) is 52.6 Å². The Balaban J connectivity index is 1.70. The lowest BCUT2D eigenvalue weighted by Crippen LogP contribution is -2.50. The highest BCUT2D eigenvalue weighted by Crippen LogP contribution is 2.20. The van der Waals surface area contributed by atoms with Crippen LogP contribution in [0.15, 0.2) is 11.0 Å². The number of piperazine rings is 1. The van der Waals surface area contributed by atoms with Gasteiger partial charge in [-0.1, -0.05) is 6.92 Å². The van der Waals surface area contributed by atoms with Crippen molar-refractivity contribution in [3.8, 4) is 0 Å². The molecule has 1 unspecified atom stereocenters. The van der Waals surface area contributed by atoms with Crippen molar-refractivity contribution in [2.75, 3.05) is 37.6 Å². The van der Waals surface area contributed by atoms with Gasteiger partial charge in [0.25, 0.3) is 5.56 Å². The Morgan fingerprint density at radius 2 is 1.96 bits per heavy atom. The average molecular weight is 390 g/mol. The van der Waals surface area contributed by atoms with Crippen LogP contribution in [0.25, 0.3) is 11.0 Å². The van der Waals surface area contributed by atoms with Gasteiger partial charge in [0.15, 0.2) is 5.65 Å². The number of carbonyl (C=O) groups excluding carboxylic acids is 1. The summed E-state index contributed by atoms with van der Waals surface area (Å²) in [4.78, 5) is 36.3. The number of amides is 1. The smallest absolute Gasteiger partial charge is 0.263 e. The van der Waals surface area contributed by atoms with Crippen LogP contribution in [0.5, 0.6) is 0 Å². The normalized spacial score (nSPS) is 17.1. The van der Waals surface area contributed by atoms with E-state index in [1.54, 1.807) is 10.9 Å². The van der Waals surface area contributed by atoms with Gasteiger partial charge in [-0.25, -0.2) is 4.68 Å². The molecule has 9 nitrogen and oxygen atoms in total. The number of nitrogens with zero attached hydrogens (tertiary/aromatic N) is 5. The van der Waals surface area contributed by atoms with Crippen molar-refractivity contribution in [1.82, 2.24) is 30.0 Å². The first-order valence-electron chi connectivity index (χ1n) is 9.94. The van der Waals surface area contributed by atoms with E-state index in [1.807, 2.05) is 27.7 Å². The number of aromatic nitrogens is 4. The van der Waals surface area contributed by atoms with Gasteiger partial charge < -0.3 is 10.2 Å². The first-order valence-corrected chi connectivity index (χ1v) is 9.94. The van der Waals surface area contributed by atoms with Gasteiger partial charge in [0.05, 0.1) is 18.3 Å². The number of aromatic amines is 1. The summed E-state index contributed by atoms with van der Waals surface area (Å²) in [6, 6.07) is 0.197. The summed E-state index contributed by atoms with van der Waals surface area (Å²) in [6.07, 6.45) is 2.50. The van der Waals surface area contributed by atoms with E-state index in [1.165, 1.54) is 0 Å². The second-order valence-electron chi connectivity index (χ2n) is 8.49. The highest BCUT2D eigenvalue weighted by atomic mass is 16.2. The van der Waals surface area contributed by atoms with Crippen LogP contribution in [0.1, 0.15) is 41.0 Å². The van der Waals surface area contributed by atoms with Crippen LogP contribution in [-0.2, 0) is 10.3 Å². The summed E-state index contributed by atoms with van der Waals surface area (Å²) < 4.78 is 1.79. The summed E-state index contributed by atoms with van der Waals surface area (Å²) in [5, 5.41) is 7.85. The quantitative estimate of drug-likeness (QED) is 0.789. The Bertz CT molecular complexity index is 888. The number of rotatable bonds is 5. The summed E-state index contributed by atoms with van der Waals surface area (Å²) >= 11 is 0. The largest absolute Gasteiger partial charge is 0.353 e. The molecular weight excluding hydrogens is 358 g/mol. The average Bonchev–Trinajstić information content (AvgIpc) is 3.07. The van der Waals surface area contributed by atoms with Crippen LogP contribution in [0.2, 0.25) is 0 Å². The van der Waals surface area contributed by atoms with Gasteiger partial charge in [-0.2, -0.15) is 10.1 Å². The SMILES string of the molecule is CCC(C)NC(=O)CN1CCN(c2nc3c(cnn3C(C)(C)C)c(=O)[nH]2)CC1. The maximum atomic E-state index is 12.5. The third kappa shape index (κ3) is 4.35. The standard InChI is InChI=1S/C19H31N7O2/c1-6-13(2)21-15(27)12-24-7-9-25(10-8-24)18-22-16-14(17(28)23-18)11-20-26(16)19(3,4)5/h11,13H,6-10,12H2,1-5H3,(H,21,27)(H,22,23,28). The fourth-order valence-corrected chi connectivity index (χ4v) is 3.29. The number of nitrogens with one attached hydrogen (secondary N) is 2. The predicted octanol–water partition coefficient (Wildman–Crippen LogP) is 0.911. The van der Waals surface area contributed by atoms with Crippen LogP contribution < -0.4 is 15.8 Å². The van der Waals surface area contributed by atoms with E-state index in [0.29, 0.717) is 36.6 Å². The molecule has 0 saturated carbocycles. The number of H-pyrrole nitrogens is 1. The Morgan fingerprint density at radius 1 is 1.29 bits per heavy atom. The van der Waals surface area contributed by atoms with Crippen molar-refractivity contribution in [3.63, 3.8) is 0 Å². The van der Waals surface area contributed by atoms with Crippen LogP contribution in [-0.4, -0.2) is 69.3 Å². The van der Waals surface area contributed by atoms with Gasteiger partial charge in [-0.05, 0) is 34.1 Å². The lowest BCUT2D eigenvalue weighted by atomic mass is 10.1. The van der Waals surface area contributed by atoms with Gasteiger partial charge in [0.1, 0.15) is 5.39 Å². The van der Waals surface area contributed by atoms with Gasteiger partial charge in [-0.3, -0.25) is 19.5 Å². The molecule has 3 heterocycles. The highest BCUT2D eigenvalue weighted by Gasteiger charge is 2.24. The third-order valence-electron chi connectivity index (χ3n) is 5.12. The molecule has 0 aromatic carbocycles. The molecule has 154 valence electrons. The zero-order valence-electron chi connectivity index (χ0n) is 17.4. The third-order valence-corrected chi connectivity index (χ3v) is 5.12. The molecule has 1 aliphatic heterocycles. The molecule has 2 N–H and O–H groups in total. The maximum absolute atomic E-state index is 12.5. The van der Waals surface area contributed by atoms with E-state index in [2.05, 4.69) is 32.1 Å². The van der Waals surface area contributed by atoms with Crippen molar-refractivity contribution < 1.29 is 4.79 Å². The number of hydrogen-bond acceptors (Lipinski definition) is 6. The second-order valence-corrected chi connectivity index (χ2v) is 8.49. The minimum absolute atomic E-state index is 0.0600. The molecule has 0 bridgehead atoms. The molecule has 28 heavy (non-hydrogen) atoms. The molecule has 1 aliphatic rings. The topological polar surface area (TPSA) is 99.2 Å². The lowest BCUT2D eigenvalue weighted by Gasteiger charge is -2.34.